The van der Waals surface area contributed by atoms with Gasteiger partial charge >= 0.3 is 0 Å². The highest BCUT2D eigenvalue weighted by Gasteiger charge is 2.33. The molecule has 0 aromatic heterocycles. The summed E-state index contributed by atoms with van der Waals surface area (Å²) < 4.78 is 0. The van der Waals surface area contributed by atoms with Crippen molar-refractivity contribution in [3.63, 3.8) is 0 Å². The molecule has 104 valence electrons. The van der Waals surface area contributed by atoms with Crippen molar-refractivity contribution in [3.8, 4) is 0 Å². The molecule has 0 bridgehead atoms. The molecule has 1 aromatic carbocycles. The zero-order valence-electron chi connectivity index (χ0n) is 12.0. The van der Waals surface area contributed by atoms with Crippen LogP contribution in [0.15, 0.2) is 24.3 Å². The first kappa shape index (κ1) is 14.1. The molecule has 1 unspecified atom stereocenters. The van der Waals surface area contributed by atoms with Crippen LogP contribution >= 0.6 is 0 Å². The third kappa shape index (κ3) is 3.35. The van der Waals surface area contributed by atoms with Gasteiger partial charge in [-0.2, -0.15) is 0 Å². The van der Waals surface area contributed by atoms with Gasteiger partial charge in [0.25, 0.3) is 0 Å². The summed E-state index contributed by atoms with van der Waals surface area (Å²) >= 11 is 0. The number of rotatable bonds is 2. The van der Waals surface area contributed by atoms with Crippen LogP contribution in [0.4, 0.5) is 0 Å². The van der Waals surface area contributed by atoms with Crippen molar-refractivity contribution in [2.75, 3.05) is 6.54 Å². The molecule has 2 N–H and O–H groups in total. The van der Waals surface area contributed by atoms with Gasteiger partial charge in [-0.1, -0.05) is 45.0 Å². The number of hydrogen-bond acceptors (Lipinski definition) is 2. The molecule has 1 aliphatic carbocycles. The lowest BCUT2D eigenvalue weighted by atomic mass is 9.80. The van der Waals surface area contributed by atoms with Gasteiger partial charge in [-0.05, 0) is 24.0 Å². The molecule has 1 amide bonds. The van der Waals surface area contributed by atoms with E-state index in [1.54, 1.807) is 0 Å². The van der Waals surface area contributed by atoms with E-state index in [4.69, 9.17) is 0 Å². The first-order chi connectivity index (χ1) is 8.80. The summed E-state index contributed by atoms with van der Waals surface area (Å²) in [5, 5.41) is 13.5. The number of nitrogens with one attached hydrogen (secondary N) is 1. The summed E-state index contributed by atoms with van der Waals surface area (Å²) in [7, 11) is 0. The standard InChI is InChI=1S/C16H23NO2/c1-15(2,3)14(18)17-11-16(19)9-8-12-6-4-5-7-13(12)10-16/h4-7,19H,8-11H2,1-3H3,(H,17,18). The first-order valence-corrected chi connectivity index (χ1v) is 6.88. The Morgan fingerprint density at radius 3 is 2.58 bits per heavy atom. The van der Waals surface area contributed by atoms with E-state index in [2.05, 4.69) is 17.4 Å². The lowest BCUT2D eigenvalue weighted by Crippen LogP contribution is -2.49. The molecule has 0 radical (unpaired) electrons. The Hall–Kier alpha value is -1.35. The topological polar surface area (TPSA) is 49.3 Å². The number of fused-ring (bicyclic) bond motifs is 1. The lowest BCUT2D eigenvalue weighted by Gasteiger charge is -2.34. The zero-order chi connectivity index (χ0) is 14.1. The number of aliphatic hydroxyl groups is 1. The fraction of sp³-hybridized carbons (Fsp3) is 0.562. The van der Waals surface area contributed by atoms with Gasteiger partial charge in [0.2, 0.25) is 5.91 Å². The molecule has 0 fully saturated rings. The Kier molecular flexibility index (Phi) is 3.68. The molecule has 2 rings (SSSR count). The zero-order valence-corrected chi connectivity index (χ0v) is 12.0. The maximum Gasteiger partial charge on any atom is 0.225 e. The van der Waals surface area contributed by atoms with E-state index < -0.39 is 11.0 Å². The van der Waals surface area contributed by atoms with Crippen molar-refractivity contribution < 1.29 is 9.90 Å². The van der Waals surface area contributed by atoms with Crippen molar-refractivity contribution in [1.29, 1.82) is 0 Å². The third-order valence-corrected chi connectivity index (χ3v) is 3.76. The molecule has 1 aliphatic rings. The monoisotopic (exact) mass is 261 g/mol. The van der Waals surface area contributed by atoms with Gasteiger partial charge < -0.3 is 10.4 Å². The van der Waals surface area contributed by atoms with Crippen molar-refractivity contribution >= 4 is 5.91 Å². The molecule has 19 heavy (non-hydrogen) atoms. The van der Waals surface area contributed by atoms with Gasteiger partial charge in [-0.25, -0.2) is 0 Å². The molecule has 3 heteroatoms. The highest BCUT2D eigenvalue weighted by atomic mass is 16.3. The fourth-order valence-corrected chi connectivity index (χ4v) is 2.44. The van der Waals surface area contributed by atoms with E-state index >= 15 is 0 Å². The largest absolute Gasteiger partial charge is 0.388 e. The summed E-state index contributed by atoms with van der Waals surface area (Å²) in [5.74, 6) is -0.0141. The quantitative estimate of drug-likeness (QED) is 0.856. The molecular formula is C16H23NO2. The van der Waals surface area contributed by atoms with E-state index in [0.29, 0.717) is 19.4 Å². The molecule has 0 saturated carbocycles. The second kappa shape index (κ2) is 4.97. The summed E-state index contributed by atoms with van der Waals surface area (Å²) in [6.45, 7) is 5.96. The second-order valence-corrected chi connectivity index (χ2v) is 6.60. The summed E-state index contributed by atoms with van der Waals surface area (Å²) in [4.78, 5) is 11.9. The lowest BCUT2D eigenvalue weighted by molar-refractivity contribution is -0.129. The Morgan fingerprint density at radius 1 is 1.32 bits per heavy atom. The predicted molar refractivity (Wildman–Crippen MR) is 75.9 cm³/mol. The molecule has 1 atom stereocenters. The molecule has 0 spiro atoms. The van der Waals surface area contributed by atoms with Crippen LogP contribution in [-0.4, -0.2) is 23.2 Å². The summed E-state index contributed by atoms with van der Waals surface area (Å²) in [5.41, 5.74) is 1.29. The molecule has 0 heterocycles. The SMILES string of the molecule is CC(C)(C)C(=O)NCC1(O)CCc2ccccc2C1. The van der Waals surface area contributed by atoms with Crippen LogP contribution in [0.3, 0.4) is 0 Å². The van der Waals surface area contributed by atoms with Crippen molar-refractivity contribution in [1.82, 2.24) is 5.32 Å². The molecule has 3 nitrogen and oxygen atoms in total. The van der Waals surface area contributed by atoms with Crippen LogP contribution in [0.1, 0.15) is 38.3 Å². The minimum Gasteiger partial charge on any atom is -0.388 e. The van der Waals surface area contributed by atoms with Gasteiger partial charge in [-0.15, -0.1) is 0 Å². The maximum absolute atomic E-state index is 11.9. The number of carbonyl (C=O) groups excluding carboxylic acids is 1. The minimum atomic E-state index is -0.810. The first-order valence-electron chi connectivity index (χ1n) is 6.88. The average molecular weight is 261 g/mol. The van der Waals surface area contributed by atoms with E-state index in [0.717, 1.165) is 6.42 Å². The molecule has 0 aliphatic heterocycles. The highest BCUT2D eigenvalue weighted by molar-refractivity contribution is 5.81. The molecule has 1 aromatic rings. The smallest absolute Gasteiger partial charge is 0.225 e. The number of aryl methyl sites for hydroxylation is 1. The normalized spacial score (nSPS) is 22.7. The molecule has 0 saturated heterocycles. The van der Waals surface area contributed by atoms with Crippen molar-refractivity contribution in [3.05, 3.63) is 35.4 Å². The Balaban J connectivity index is 2.00. The van der Waals surface area contributed by atoms with Crippen LogP contribution in [0.2, 0.25) is 0 Å². The van der Waals surface area contributed by atoms with Crippen LogP contribution in [0, 0.1) is 5.41 Å². The molecular weight excluding hydrogens is 238 g/mol. The summed E-state index contributed by atoms with van der Waals surface area (Å²) in [6, 6.07) is 8.20. The number of carbonyl (C=O) groups is 1. The van der Waals surface area contributed by atoms with E-state index in [9.17, 15) is 9.90 Å². The number of amides is 1. The van der Waals surface area contributed by atoms with E-state index in [1.807, 2.05) is 32.9 Å². The Bertz CT molecular complexity index is 476. The van der Waals surface area contributed by atoms with Gasteiger partial charge in [0.1, 0.15) is 0 Å². The van der Waals surface area contributed by atoms with Crippen molar-refractivity contribution in [2.45, 2.75) is 45.6 Å². The van der Waals surface area contributed by atoms with Gasteiger partial charge in [0.15, 0.2) is 0 Å². The van der Waals surface area contributed by atoms with Gasteiger partial charge in [-0.3, -0.25) is 4.79 Å². The van der Waals surface area contributed by atoms with Crippen molar-refractivity contribution in [2.24, 2.45) is 5.41 Å². The predicted octanol–water partition coefficient (Wildman–Crippen LogP) is 2.07. The van der Waals surface area contributed by atoms with Crippen LogP contribution in [0.5, 0.6) is 0 Å². The Morgan fingerprint density at radius 2 is 1.95 bits per heavy atom. The average Bonchev–Trinajstić information content (AvgIpc) is 2.34. The fourth-order valence-electron chi connectivity index (χ4n) is 2.44. The van der Waals surface area contributed by atoms with Gasteiger partial charge in [0, 0.05) is 18.4 Å². The van der Waals surface area contributed by atoms with E-state index in [1.165, 1.54) is 11.1 Å². The summed E-state index contributed by atoms with van der Waals surface area (Å²) in [6.07, 6.45) is 2.19. The number of hydrogen-bond donors (Lipinski definition) is 2. The van der Waals surface area contributed by atoms with E-state index in [-0.39, 0.29) is 5.91 Å². The maximum atomic E-state index is 11.9. The van der Waals surface area contributed by atoms with Gasteiger partial charge in [0.05, 0.1) is 5.60 Å². The van der Waals surface area contributed by atoms with Crippen LogP contribution in [-0.2, 0) is 17.6 Å². The number of benzene rings is 1. The highest BCUT2D eigenvalue weighted by Crippen LogP contribution is 2.28. The van der Waals surface area contributed by atoms with Crippen LogP contribution < -0.4 is 5.32 Å². The Labute approximate surface area is 115 Å². The second-order valence-electron chi connectivity index (χ2n) is 6.60. The third-order valence-electron chi connectivity index (χ3n) is 3.76. The minimum absolute atomic E-state index is 0.0141. The van der Waals surface area contributed by atoms with Crippen LogP contribution in [0.25, 0.3) is 0 Å².